The topological polar surface area (TPSA) is 64.9 Å². The summed E-state index contributed by atoms with van der Waals surface area (Å²) in [4.78, 5) is 4.40. The fourth-order valence-electron chi connectivity index (χ4n) is 2.59. The summed E-state index contributed by atoms with van der Waals surface area (Å²) in [5.41, 5.74) is 5.94. The minimum absolute atomic E-state index is 0.341. The number of allylic oxidation sites excluding steroid dienone is 1. The first-order valence-corrected chi connectivity index (χ1v) is 6.58. The van der Waals surface area contributed by atoms with Crippen molar-refractivity contribution in [3.8, 4) is 0 Å². The first-order valence-electron chi connectivity index (χ1n) is 6.58. The molecule has 4 heteroatoms. The van der Waals surface area contributed by atoms with E-state index in [0.717, 1.165) is 25.7 Å². The summed E-state index contributed by atoms with van der Waals surface area (Å²) < 4.78 is 5.23. The molecule has 1 aromatic heterocycles. The van der Waals surface area contributed by atoms with Crippen LogP contribution in [0.15, 0.2) is 10.6 Å². The average molecular weight is 233 g/mol. The molecule has 2 saturated carbocycles. The van der Waals surface area contributed by atoms with Crippen LogP contribution in [0, 0.1) is 5.92 Å². The monoisotopic (exact) mass is 233 g/mol. The highest BCUT2D eigenvalue weighted by molar-refractivity contribution is 5.38. The van der Waals surface area contributed by atoms with Crippen molar-refractivity contribution < 1.29 is 4.52 Å². The van der Waals surface area contributed by atoms with Crippen LogP contribution in [0.2, 0.25) is 0 Å². The molecule has 0 aliphatic heterocycles. The van der Waals surface area contributed by atoms with Crippen LogP contribution in [-0.4, -0.2) is 10.1 Å². The van der Waals surface area contributed by atoms with E-state index < -0.39 is 0 Å². The molecule has 3 rings (SSSR count). The van der Waals surface area contributed by atoms with Gasteiger partial charge in [0.2, 0.25) is 5.89 Å². The van der Waals surface area contributed by atoms with Gasteiger partial charge in [-0.2, -0.15) is 4.98 Å². The summed E-state index contributed by atoms with van der Waals surface area (Å²) in [6.07, 6.45) is 12.3. The molecule has 0 spiro atoms. The lowest BCUT2D eigenvalue weighted by Crippen LogP contribution is -2.34. The zero-order valence-electron chi connectivity index (χ0n) is 10.1. The number of nitrogens with two attached hydrogens (primary N) is 1. The largest absolute Gasteiger partial charge is 0.335 e. The maximum Gasteiger partial charge on any atom is 0.250 e. The molecule has 2 aliphatic rings. The van der Waals surface area contributed by atoms with Crippen LogP contribution in [0.25, 0.3) is 6.08 Å². The molecule has 0 amide bonds. The van der Waals surface area contributed by atoms with Crippen molar-refractivity contribution in [3.05, 3.63) is 17.8 Å². The number of nitrogens with zero attached hydrogens (tertiary/aromatic N) is 2. The van der Waals surface area contributed by atoms with Crippen molar-refractivity contribution >= 4 is 6.08 Å². The first kappa shape index (κ1) is 11.0. The van der Waals surface area contributed by atoms with E-state index in [-0.39, 0.29) is 5.54 Å². The molecule has 0 aromatic carbocycles. The number of hydrogen-bond acceptors (Lipinski definition) is 4. The second kappa shape index (κ2) is 4.26. The van der Waals surface area contributed by atoms with Gasteiger partial charge < -0.3 is 10.3 Å². The van der Waals surface area contributed by atoms with Gasteiger partial charge in [-0.3, -0.25) is 0 Å². The lowest BCUT2D eigenvalue weighted by molar-refractivity contribution is 0.363. The van der Waals surface area contributed by atoms with Gasteiger partial charge in [-0.05, 0) is 37.7 Å². The minimum atomic E-state index is -0.341. The van der Waals surface area contributed by atoms with E-state index in [4.69, 9.17) is 10.3 Å². The Balaban J connectivity index is 1.71. The summed E-state index contributed by atoms with van der Waals surface area (Å²) in [5.74, 6) is 2.00. The SMILES string of the molecule is NC1(c2noc(/C=C/C3CCC3)n2)CCCC1. The standard InChI is InChI=1S/C13H19N3O/c14-13(8-1-2-9-13)12-15-11(17-16-12)7-6-10-4-3-5-10/h6-7,10H,1-5,8-9,14H2/b7-6+. The quantitative estimate of drug-likeness (QED) is 0.871. The Morgan fingerprint density at radius 1 is 1.24 bits per heavy atom. The van der Waals surface area contributed by atoms with Crippen molar-refractivity contribution in [1.29, 1.82) is 0 Å². The van der Waals surface area contributed by atoms with Crippen molar-refractivity contribution in [2.75, 3.05) is 0 Å². The van der Waals surface area contributed by atoms with Gasteiger partial charge in [0.05, 0.1) is 5.54 Å². The highest BCUT2D eigenvalue weighted by Crippen LogP contribution is 2.34. The Kier molecular flexibility index (Phi) is 2.74. The van der Waals surface area contributed by atoms with Crippen molar-refractivity contribution in [3.63, 3.8) is 0 Å². The summed E-state index contributed by atoms with van der Waals surface area (Å²) in [6.45, 7) is 0. The van der Waals surface area contributed by atoms with E-state index >= 15 is 0 Å². The second-order valence-electron chi connectivity index (χ2n) is 5.37. The molecule has 0 radical (unpaired) electrons. The third-order valence-corrected chi connectivity index (χ3v) is 4.04. The Bertz CT molecular complexity index is 414. The summed E-state index contributed by atoms with van der Waals surface area (Å²) >= 11 is 0. The smallest absolute Gasteiger partial charge is 0.250 e. The molecular weight excluding hydrogens is 214 g/mol. The van der Waals surface area contributed by atoms with E-state index in [9.17, 15) is 0 Å². The van der Waals surface area contributed by atoms with E-state index in [1.54, 1.807) is 0 Å². The third-order valence-electron chi connectivity index (χ3n) is 4.04. The second-order valence-corrected chi connectivity index (χ2v) is 5.37. The molecular formula is C13H19N3O. The fourth-order valence-corrected chi connectivity index (χ4v) is 2.59. The molecule has 1 aromatic rings. The Morgan fingerprint density at radius 3 is 2.65 bits per heavy atom. The Labute approximate surface area is 101 Å². The molecule has 2 fully saturated rings. The first-order chi connectivity index (χ1) is 8.26. The van der Waals surface area contributed by atoms with E-state index in [0.29, 0.717) is 17.6 Å². The average Bonchev–Trinajstić information content (AvgIpc) is 2.85. The molecule has 2 aliphatic carbocycles. The van der Waals surface area contributed by atoms with Gasteiger partial charge in [0, 0.05) is 0 Å². The maximum atomic E-state index is 6.28. The molecule has 0 atom stereocenters. The van der Waals surface area contributed by atoms with Gasteiger partial charge in [-0.1, -0.05) is 30.5 Å². The predicted octanol–water partition coefficient (Wildman–Crippen LogP) is 2.61. The maximum absolute atomic E-state index is 6.28. The lowest BCUT2D eigenvalue weighted by atomic mass is 9.85. The van der Waals surface area contributed by atoms with E-state index in [1.807, 2.05) is 6.08 Å². The molecule has 1 heterocycles. The van der Waals surface area contributed by atoms with Crippen LogP contribution < -0.4 is 5.73 Å². The van der Waals surface area contributed by atoms with Gasteiger partial charge in [0.1, 0.15) is 0 Å². The molecule has 92 valence electrons. The van der Waals surface area contributed by atoms with Gasteiger partial charge in [0.15, 0.2) is 5.82 Å². The predicted molar refractivity (Wildman–Crippen MR) is 65.0 cm³/mol. The number of aromatic nitrogens is 2. The highest BCUT2D eigenvalue weighted by Gasteiger charge is 2.35. The van der Waals surface area contributed by atoms with E-state index in [1.165, 1.54) is 19.3 Å². The van der Waals surface area contributed by atoms with Crippen molar-refractivity contribution in [2.45, 2.75) is 50.5 Å². The molecule has 4 nitrogen and oxygen atoms in total. The van der Waals surface area contributed by atoms with Crippen LogP contribution in [0.5, 0.6) is 0 Å². The summed E-state index contributed by atoms with van der Waals surface area (Å²) in [7, 11) is 0. The Hall–Kier alpha value is -1.16. The van der Waals surface area contributed by atoms with Crippen LogP contribution in [-0.2, 0) is 5.54 Å². The third kappa shape index (κ3) is 2.14. The van der Waals surface area contributed by atoms with Gasteiger partial charge >= 0.3 is 0 Å². The van der Waals surface area contributed by atoms with Gasteiger partial charge in [-0.25, -0.2) is 0 Å². The lowest BCUT2D eigenvalue weighted by Gasteiger charge is -2.20. The fraction of sp³-hybridized carbons (Fsp3) is 0.692. The van der Waals surface area contributed by atoms with Crippen LogP contribution in [0.1, 0.15) is 56.7 Å². The molecule has 0 unspecified atom stereocenters. The van der Waals surface area contributed by atoms with Crippen molar-refractivity contribution in [2.24, 2.45) is 11.7 Å². The normalized spacial score (nSPS) is 24.3. The molecule has 0 bridgehead atoms. The molecule has 0 saturated heterocycles. The minimum Gasteiger partial charge on any atom is -0.335 e. The summed E-state index contributed by atoms with van der Waals surface area (Å²) in [5, 5.41) is 4.03. The number of hydrogen-bond donors (Lipinski definition) is 1. The van der Waals surface area contributed by atoms with Crippen LogP contribution >= 0.6 is 0 Å². The Morgan fingerprint density at radius 2 is 2.00 bits per heavy atom. The van der Waals surface area contributed by atoms with Crippen molar-refractivity contribution in [1.82, 2.24) is 10.1 Å². The van der Waals surface area contributed by atoms with E-state index in [2.05, 4.69) is 16.2 Å². The van der Waals surface area contributed by atoms with Crippen LogP contribution in [0.4, 0.5) is 0 Å². The van der Waals surface area contributed by atoms with Crippen LogP contribution in [0.3, 0.4) is 0 Å². The zero-order valence-corrected chi connectivity index (χ0v) is 10.1. The highest BCUT2D eigenvalue weighted by atomic mass is 16.5. The zero-order chi connectivity index (χ0) is 11.7. The van der Waals surface area contributed by atoms with Gasteiger partial charge in [-0.15, -0.1) is 0 Å². The van der Waals surface area contributed by atoms with Gasteiger partial charge in [0.25, 0.3) is 0 Å². The number of rotatable bonds is 3. The molecule has 17 heavy (non-hydrogen) atoms. The summed E-state index contributed by atoms with van der Waals surface area (Å²) in [6, 6.07) is 0. The molecule has 2 N–H and O–H groups in total.